The van der Waals surface area contributed by atoms with Gasteiger partial charge in [0.15, 0.2) is 6.29 Å². The highest BCUT2D eigenvalue weighted by molar-refractivity contribution is 7.99. The maximum Gasteiger partial charge on any atom is 0.186 e. The van der Waals surface area contributed by atoms with Crippen molar-refractivity contribution in [2.45, 2.75) is 50.3 Å². The van der Waals surface area contributed by atoms with E-state index in [4.69, 9.17) is 15.2 Å². The molecule has 0 aliphatic carbocycles. The average molecular weight is 291 g/mol. The average Bonchev–Trinajstić information content (AvgIpc) is 2.55. The number of rotatable bonds is 5. The van der Waals surface area contributed by atoms with Crippen molar-refractivity contribution < 1.29 is 19.7 Å². The molecule has 0 amide bonds. The predicted octanol–water partition coefficient (Wildman–Crippen LogP) is 0.332. The largest absolute Gasteiger partial charge is 0.390 e. The number of aliphatic hydroxyl groups is 2. The first-order chi connectivity index (χ1) is 9.24. The molecule has 5 unspecified atom stereocenters. The number of thioether (sulfide) groups is 1. The molecular weight excluding hydrogens is 266 g/mol. The lowest BCUT2D eigenvalue weighted by Gasteiger charge is -2.42. The minimum atomic E-state index is -0.923. The summed E-state index contributed by atoms with van der Waals surface area (Å²) in [5.41, 5.74) is 5.48. The van der Waals surface area contributed by atoms with E-state index in [1.807, 2.05) is 0 Å². The predicted molar refractivity (Wildman–Crippen MR) is 75.0 cm³/mol. The third-order valence-electron chi connectivity index (χ3n) is 3.84. The van der Waals surface area contributed by atoms with Crippen molar-refractivity contribution in [2.24, 2.45) is 11.7 Å². The van der Waals surface area contributed by atoms with E-state index in [-0.39, 0.29) is 12.0 Å². The lowest BCUT2D eigenvalue weighted by atomic mass is 9.86. The van der Waals surface area contributed by atoms with E-state index in [1.54, 1.807) is 11.8 Å². The van der Waals surface area contributed by atoms with Crippen molar-refractivity contribution in [3.05, 3.63) is 0 Å². The lowest BCUT2D eigenvalue weighted by molar-refractivity contribution is -0.277. The Kier molecular flexibility index (Phi) is 6.38. The second-order valence-corrected chi connectivity index (χ2v) is 6.42. The highest BCUT2D eigenvalue weighted by Gasteiger charge is 2.44. The summed E-state index contributed by atoms with van der Waals surface area (Å²) in [6, 6.07) is 0. The van der Waals surface area contributed by atoms with E-state index in [0.29, 0.717) is 13.2 Å². The van der Waals surface area contributed by atoms with Gasteiger partial charge in [0.2, 0.25) is 0 Å². The van der Waals surface area contributed by atoms with Crippen LogP contribution in [-0.2, 0) is 9.47 Å². The van der Waals surface area contributed by atoms with Gasteiger partial charge in [0, 0.05) is 18.3 Å². The van der Waals surface area contributed by atoms with Crippen LogP contribution in [0.4, 0.5) is 0 Å². The highest BCUT2D eigenvalue weighted by atomic mass is 32.2. The van der Waals surface area contributed by atoms with E-state index in [1.165, 1.54) is 0 Å². The van der Waals surface area contributed by atoms with Crippen molar-refractivity contribution in [2.75, 3.05) is 24.7 Å². The minimum Gasteiger partial charge on any atom is -0.390 e. The number of ether oxygens (including phenoxy) is 2. The molecule has 0 aromatic carbocycles. The van der Waals surface area contributed by atoms with E-state index < -0.39 is 18.5 Å². The molecule has 6 heteroatoms. The first kappa shape index (κ1) is 15.5. The molecule has 3 heterocycles. The summed E-state index contributed by atoms with van der Waals surface area (Å²) in [6.45, 7) is 1.29. The van der Waals surface area contributed by atoms with Crippen LogP contribution >= 0.6 is 11.8 Å². The molecule has 3 saturated heterocycles. The molecule has 4 N–H and O–H groups in total. The van der Waals surface area contributed by atoms with Crippen LogP contribution < -0.4 is 5.73 Å². The van der Waals surface area contributed by atoms with Crippen molar-refractivity contribution in [3.63, 3.8) is 0 Å². The van der Waals surface area contributed by atoms with Gasteiger partial charge in [0.25, 0.3) is 0 Å². The summed E-state index contributed by atoms with van der Waals surface area (Å²) in [7, 11) is 0. The molecule has 3 aliphatic heterocycles. The Morgan fingerprint density at radius 3 is 2.84 bits per heavy atom. The molecule has 0 spiro atoms. The molecule has 0 aromatic rings. The smallest absolute Gasteiger partial charge is 0.186 e. The Bertz CT molecular complexity index is 267. The summed E-state index contributed by atoms with van der Waals surface area (Å²) < 4.78 is 11.4. The Labute approximate surface area is 118 Å². The number of hydrogen-bond acceptors (Lipinski definition) is 6. The second-order valence-electron chi connectivity index (χ2n) is 5.27. The van der Waals surface area contributed by atoms with Crippen LogP contribution in [0.15, 0.2) is 0 Å². The number of fused-ring (bicyclic) bond motifs is 6. The van der Waals surface area contributed by atoms with Gasteiger partial charge >= 0.3 is 0 Å². The summed E-state index contributed by atoms with van der Waals surface area (Å²) >= 11 is 1.80. The van der Waals surface area contributed by atoms with Crippen LogP contribution in [-0.4, -0.2) is 59.5 Å². The Balaban J connectivity index is 1.94. The summed E-state index contributed by atoms with van der Waals surface area (Å²) in [5, 5.41) is 20.2. The zero-order valence-electron chi connectivity index (χ0n) is 11.2. The normalized spacial score (nSPS) is 39.6. The molecule has 3 rings (SSSR count). The standard InChI is InChI=1S/C13H25NO4S/c14-5-3-7-19-8-10-9-4-1-2-6-17-13(18-10)12(16)11(9)15/h9-13,15-16H,1-8,14H2. The van der Waals surface area contributed by atoms with Crippen LogP contribution in [0.5, 0.6) is 0 Å². The van der Waals surface area contributed by atoms with Crippen molar-refractivity contribution in [1.82, 2.24) is 0 Å². The molecule has 2 bridgehead atoms. The summed E-state index contributed by atoms with van der Waals surface area (Å²) in [4.78, 5) is 0. The van der Waals surface area contributed by atoms with Crippen LogP contribution in [0.3, 0.4) is 0 Å². The third kappa shape index (κ3) is 4.06. The van der Waals surface area contributed by atoms with Crippen LogP contribution in [0.1, 0.15) is 25.7 Å². The Hall–Kier alpha value is 0.150. The number of nitrogens with two attached hydrogens (primary N) is 1. The van der Waals surface area contributed by atoms with Gasteiger partial charge in [-0.1, -0.05) is 6.42 Å². The fourth-order valence-electron chi connectivity index (χ4n) is 2.71. The maximum atomic E-state index is 10.2. The van der Waals surface area contributed by atoms with Gasteiger partial charge in [-0.05, 0) is 31.6 Å². The fourth-order valence-corrected chi connectivity index (χ4v) is 3.81. The molecule has 0 radical (unpaired) electrons. The molecule has 0 saturated carbocycles. The van der Waals surface area contributed by atoms with Crippen LogP contribution in [0.25, 0.3) is 0 Å². The Morgan fingerprint density at radius 2 is 2.05 bits per heavy atom. The number of aliphatic hydroxyl groups excluding tert-OH is 2. The van der Waals surface area contributed by atoms with Crippen molar-refractivity contribution >= 4 is 11.8 Å². The summed E-state index contributed by atoms with van der Waals surface area (Å²) in [6.07, 6.45) is 1.47. The molecule has 3 aliphatic rings. The zero-order valence-corrected chi connectivity index (χ0v) is 12.1. The molecule has 19 heavy (non-hydrogen) atoms. The molecule has 5 nitrogen and oxygen atoms in total. The van der Waals surface area contributed by atoms with Gasteiger partial charge < -0.3 is 25.4 Å². The van der Waals surface area contributed by atoms with Crippen molar-refractivity contribution in [3.8, 4) is 0 Å². The van der Waals surface area contributed by atoms with E-state index in [0.717, 1.165) is 37.2 Å². The van der Waals surface area contributed by atoms with Gasteiger partial charge in [0.05, 0.1) is 12.2 Å². The molecule has 0 aromatic heterocycles. The lowest BCUT2D eigenvalue weighted by Crippen LogP contribution is -2.55. The van der Waals surface area contributed by atoms with E-state index in [9.17, 15) is 10.2 Å². The van der Waals surface area contributed by atoms with E-state index >= 15 is 0 Å². The number of hydrogen-bond donors (Lipinski definition) is 3. The van der Waals surface area contributed by atoms with Gasteiger partial charge in [-0.3, -0.25) is 0 Å². The van der Waals surface area contributed by atoms with E-state index in [2.05, 4.69) is 0 Å². The third-order valence-corrected chi connectivity index (χ3v) is 4.98. The van der Waals surface area contributed by atoms with Crippen molar-refractivity contribution in [1.29, 1.82) is 0 Å². The summed E-state index contributed by atoms with van der Waals surface area (Å²) in [5.74, 6) is 1.85. The first-order valence-electron chi connectivity index (χ1n) is 7.15. The van der Waals surface area contributed by atoms with Crippen LogP contribution in [0.2, 0.25) is 0 Å². The quantitative estimate of drug-likeness (QED) is 0.633. The zero-order chi connectivity index (χ0) is 13.7. The first-order valence-corrected chi connectivity index (χ1v) is 8.30. The monoisotopic (exact) mass is 291 g/mol. The highest BCUT2D eigenvalue weighted by Crippen LogP contribution is 2.33. The van der Waals surface area contributed by atoms with Gasteiger partial charge in [-0.15, -0.1) is 0 Å². The van der Waals surface area contributed by atoms with Gasteiger partial charge in [0.1, 0.15) is 6.10 Å². The second kappa shape index (κ2) is 7.81. The van der Waals surface area contributed by atoms with Gasteiger partial charge in [-0.2, -0.15) is 11.8 Å². The minimum absolute atomic E-state index is 0.0123. The fraction of sp³-hybridized carbons (Fsp3) is 1.00. The molecular formula is C13H25NO4S. The van der Waals surface area contributed by atoms with Crippen LogP contribution in [0, 0.1) is 5.92 Å². The molecule has 5 atom stereocenters. The molecule has 3 fully saturated rings. The topological polar surface area (TPSA) is 84.9 Å². The maximum absolute atomic E-state index is 10.2. The SMILES string of the molecule is NCCCSCC1OC2OCCCCC1C(O)C2O. The molecule has 112 valence electrons. The Morgan fingerprint density at radius 1 is 1.21 bits per heavy atom. The van der Waals surface area contributed by atoms with Gasteiger partial charge in [-0.25, -0.2) is 0 Å².